The van der Waals surface area contributed by atoms with Gasteiger partial charge in [-0.2, -0.15) is 0 Å². The molecule has 0 bridgehead atoms. The smallest absolute Gasteiger partial charge is 0.328 e. The number of amides is 1. The van der Waals surface area contributed by atoms with Crippen molar-refractivity contribution < 1.29 is 14.7 Å². The van der Waals surface area contributed by atoms with Gasteiger partial charge in [0.05, 0.1) is 0 Å². The SMILES string of the molecule is Cc1ccc(CNC(=O)c2cc(/C=C/C(=O)O)cc(-c3ccc(-c4ccccc4)cc3)c2)cc1. The Morgan fingerprint density at radius 1 is 0.765 bits per heavy atom. The summed E-state index contributed by atoms with van der Waals surface area (Å²) < 4.78 is 0. The number of nitrogens with one attached hydrogen (secondary N) is 1. The maximum atomic E-state index is 12.9. The Kier molecular flexibility index (Phi) is 6.99. The van der Waals surface area contributed by atoms with Crippen LogP contribution in [-0.2, 0) is 11.3 Å². The predicted molar refractivity (Wildman–Crippen MR) is 136 cm³/mol. The zero-order valence-electron chi connectivity index (χ0n) is 18.9. The Hall–Kier alpha value is -4.44. The zero-order chi connectivity index (χ0) is 23.9. The van der Waals surface area contributed by atoms with Crippen LogP contribution in [0.15, 0.2) is 103 Å². The molecule has 0 radical (unpaired) electrons. The minimum absolute atomic E-state index is 0.215. The van der Waals surface area contributed by atoms with E-state index in [2.05, 4.69) is 17.4 Å². The van der Waals surface area contributed by atoms with Gasteiger partial charge in [-0.1, -0.05) is 84.4 Å². The summed E-state index contributed by atoms with van der Waals surface area (Å²) in [7, 11) is 0. The van der Waals surface area contributed by atoms with Crippen LogP contribution >= 0.6 is 0 Å². The third kappa shape index (κ3) is 5.87. The van der Waals surface area contributed by atoms with E-state index in [1.165, 1.54) is 6.08 Å². The van der Waals surface area contributed by atoms with Gasteiger partial charge in [-0.05, 0) is 64.6 Å². The van der Waals surface area contributed by atoms with Crippen LogP contribution in [0.2, 0.25) is 0 Å². The highest BCUT2D eigenvalue weighted by atomic mass is 16.4. The number of carbonyl (C=O) groups is 2. The molecule has 0 atom stereocenters. The van der Waals surface area contributed by atoms with Gasteiger partial charge in [0.15, 0.2) is 0 Å². The van der Waals surface area contributed by atoms with Gasteiger partial charge in [-0.25, -0.2) is 4.79 Å². The van der Waals surface area contributed by atoms with Crippen molar-refractivity contribution in [2.45, 2.75) is 13.5 Å². The number of carboxylic acid groups (broad SMARTS) is 1. The summed E-state index contributed by atoms with van der Waals surface area (Å²) >= 11 is 0. The molecule has 0 unspecified atom stereocenters. The highest BCUT2D eigenvalue weighted by Crippen LogP contribution is 2.27. The van der Waals surface area contributed by atoms with Crippen LogP contribution in [0.1, 0.15) is 27.0 Å². The summed E-state index contributed by atoms with van der Waals surface area (Å²) in [4.78, 5) is 24.0. The Morgan fingerprint density at radius 3 is 2.03 bits per heavy atom. The van der Waals surface area contributed by atoms with E-state index in [4.69, 9.17) is 5.11 Å². The molecule has 0 heterocycles. The molecule has 4 heteroatoms. The van der Waals surface area contributed by atoms with Crippen molar-refractivity contribution in [2.75, 3.05) is 0 Å². The van der Waals surface area contributed by atoms with Crippen LogP contribution in [0.4, 0.5) is 0 Å². The van der Waals surface area contributed by atoms with Gasteiger partial charge >= 0.3 is 5.97 Å². The van der Waals surface area contributed by atoms with Gasteiger partial charge < -0.3 is 10.4 Å². The molecular weight excluding hydrogens is 422 g/mol. The van der Waals surface area contributed by atoms with Gasteiger partial charge in [-0.15, -0.1) is 0 Å². The van der Waals surface area contributed by atoms with Crippen LogP contribution in [0.25, 0.3) is 28.3 Å². The number of benzene rings is 4. The van der Waals surface area contributed by atoms with Crippen molar-refractivity contribution in [2.24, 2.45) is 0 Å². The summed E-state index contributed by atoms with van der Waals surface area (Å²) in [6, 6.07) is 31.6. The molecule has 0 saturated heterocycles. The fraction of sp³-hybridized carbons (Fsp3) is 0.0667. The van der Waals surface area contributed by atoms with E-state index in [1.54, 1.807) is 6.07 Å². The quantitative estimate of drug-likeness (QED) is 0.324. The average molecular weight is 448 g/mol. The largest absolute Gasteiger partial charge is 0.478 e. The van der Waals surface area contributed by atoms with E-state index in [0.717, 1.165) is 39.5 Å². The highest BCUT2D eigenvalue weighted by Gasteiger charge is 2.10. The number of hydrogen-bond donors (Lipinski definition) is 2. The molecule has 168 valence electrons. The van der Waals surface area contributed by atoms with Crippen molar-refractivity contribution in [3.63, 3.8) is 0 Å². The second-order valence-corrected chi connectivity index (χ2v) is 8.13. The van der Waals surface area contributed by atoms with E-state index >= 15 is 0 Å². The Morgan fingerprint density at radius 2 is 1.38 bits per heavy atom. The van der Waals surface area contributed by atoms with Crippen LogP contribution in [0.5, 0.6) is 0 Å². The molecule has 0 aromatic heterocycles. The van der Waals surface area contributed by atoms with Gasteiger partial charge in [0.2, 0.25) is 0 Å². The van der Waals surface area contributed by atoms with Gasteiger partial charge in [-0.3, -0.25) is 4.79 Å². The maximum Gasteiger partial charge on any atom is 0.328 e. The Balaban J connectivity index is 1.62. The number of rotatable bonds is 7. The van der Waals surface area contributed by atoms with E-state index in [9.17, 15) is 9.59 Å². The first-order chi connectivity index (χ1) is 16.5. The first-order valence-corrected chi connectivity index (χ1v) is 11.0. The van der Waals surface area contributed by atoms with Gasteiger partial charge in [0, 0.05) is 18.2 Å². The number of carboxylic acids is 1. The predicted octanol–water partition coefficient (Wildman–Crippen LogP) is 6.36. The fourth-order valence-corrected chi connectivity index (χ4v) is 3.69. The number of carbonyl (C=O) groups excluding carboxylic acids is 1. The second kappa shape index (κ2) is 10.5. The lowest BCUT2D eigenvalue weighted by atomic mass is 9.97. The summed E-state index contributed by atoms with van der Waals surface area (Å²) in [6.07, 6.45) is 2.58. The average Bonchev–Trinajstić information content (AvgIpc) is 2.87. The van der Waals surface area contributed by atoms with Crippen molar-refractivity contribution in [3.8, 4) is 22.3 Å². The summed E-state index contributed by atoms with van der Waals surface area (Å²) in [5.41, 5.74) is 7.30. The maximum absolute atomic E-state index is 12.9. The molecule has 4 aromatic rings. The van der Waals surface area contributed by atoms with E-state index < -0.39 is 5.97 Å². The van der Waals surface area contributed by atoms with Crippen LogP contribution in [0.3, 0.4) is 0 Å². The molecular formula is C30H25NO3. The monoisotopic (exact) mass is 447 g/mol. The molecule has 1 amide bonds. The minimum atomic E-state index is -1.04. The van der Waals surface area contributed by atoms with Gasteiger partial charge in [0.1, 0.15) is 0 Å². The highest BCUT2D eigenvalue weighted by molar-refractivity contribution is 5.96. The van der Waals surface area contributed by atoms with Crippen LogP contribution < -0.4 is 5.32 Å². The molecule has 0 aliphatic heterocycles. The Labute approximate surface area is 199 Å². The molecule has 34 heavy (non-hydrogen) atoms. The first kappa shape index (κ1) is 22.7. The van der Waals surface area contributed by atoms with Crippen molar-refractivity contribution in [1.29, 1.82) is 0 Å². The van der Waals surface area contributed by atoms with Crippen molar-refractivity contribution in [1.82, 2.24) is 5.32 Å². The lowest BCUT2D eigenvalue weighted by molar-refractivity contribution is -0.131. The number of aryl methyl sites for hydroxylation is 1. The lowest BCUT2D eigenvalue weighted by Crippen LogP contribution is -2.22. The van der Waals surface area contributed by atoms with Crippen LogP contribution in [0, 0.1) is 6.92 Å². The van der Waals surface area contributed by atoms with E-state index in [1.807, 2.05) is 85.8 Å². The molecule has 4 rings (SSSR count). The minimum Gasteiger partial charge on any atom is -0.478 e. The van der Waals surface area contributed by atoms with E-state index in [0.29, 0.717) is 17.7 Å². The standard InChI is InChI=1S/C30H25NO3/c1-21-7-9-22(10-8-21)20-31-30(34)28-18-23(11-16-29(32)33)17-27(19-28)26-14-12-25(13-15-26)24-5-3-2-4-6-24/h2-19H,20H2,1H3,(H,31,34)(H,32,33)/b16-11+. The number of hydrogen-bond acceptors (Lipinski definition) is 2. The molecule has 0 saturated carbocycles. The van der Waals surface area contributed by atoms with Crippen LogP contribution in [-0.4, -0.2) is 17.0 Å². The third-order valence-electron chi connectivity index (χ3n) is 5.53. The molecule has 4 nitrogen and oxygen atoms in total. The zero-order valence-corrected chi connectivity index (χ0v) is 18.9. The fourth-order valence-electron chi connectivity index (χ4n) is 3.69. The summed E-state index contributed by atoms with van der Waals surface area (Å²) in [5, 5.41) is 12.0. The molecule has 2 N–H and O–H groups in total. The molecule has 0 aliphatic carbocycles. The lowest BCUT2D eigenvalue weighted by Gasteiger charge is -2.11. The molecule has 0 spiro atoms. The summed E-state index contributed by atoms with van der Waals surface area (Å²) in [6.45, 7) is 2.43. The molecule has 0 aliphatic rings. The van der Waals surface area contributed by atoms with Crippen molar-refractivity contribution in [3.05, 3.63) is 125 Å². The topological polar surface area (TPSA) is 66.4 Å². The first-order valence-electron chi connectivity index (χ1n) is 11.0. The Bertz CT molecular complexity index is 1320. The third-order valence-corrected chi connectivity index (χ3v) is 5.53. The summed E-state index contributed by atoms with van der Waals surface area (Å²) in [5.74, 6) is -1.25. The van der Waals surface area contributed by atoms with Crippen molar-refractivity contribution >= 4 is 18.0 Å². The van der Waals surface area contributed by atoms with Gasteiger partial charge in [0.25, 0.3) is 5.91 Å². The molecule has 4 aromatic carbocycles. The molecule has 0 fully saturated rings. The number of aliphatic carboxylic acids is 1. The second-order valence-electron chi connectivity index (χ2n) is 8.13. The normalized spacial score (nSPS) is 10.9. The van der Waals surface area contributed by atoms with E-state index in [-0.39, 0.29) is 5.91 Å².